The van der Waals surface area contributed by atoms with Crippen molar-refractivity contribution in [3.63, 3.8) is 0 Å². The zero-order valence-corrected chi connectivity index (χ0v) is 15.5. The van der Waals surface area contributed by atoms with Crippen molar-refractivity contribution >= 4 is 6.09 Å². The van der Waals surface area contributed by atoms with Gasteiger partial charge in [0.25, 0.3) is 0 Å². The molecule has 0 spiro atoms. The molecule has 2 bridgehead atoms. The average molecular weight is 338 g/mol. The van der Waals surface area contributed by atoms with E-state index in [0.29, 0.717) is 24.0 Å². The number of fused-ring (bicyclic) bond motifs is 2. The molecule has 3 rings (SSSR count). The zero-order chi connectivity index (χ0) is 17.3. The summed E-state index contributed by atoms with van der Waals surface area (Å²) in [5.41, 5.74) is -0.428. The highest BCUT2D eigenvalue weighted by Gasteiger charge is 2.44. The van der Waals surface area contributed by atoms with Gasteiger partial charge in [-0.1, -0.05) is 12.8 Å². The molecule has 2 N–H and O–H groups in total. The normalized spacial score (nSPS) is 36.7. The standard InChI is InChI=1S/C19H34N2O3/c1-19(2,3)24-18(23)21-15-8-9-16(21)11-14(10-15)20-12-13-6-4-5-7-17(13)22/h13-17,20,22H,4-12H2,1-3H3. The third-order valence-electron chi connectivity index (χ3n) is 5.88. The van der Waals surface area contributed by atoms with Gasteiger partial charge in [-0.3, -0.25) is 0 Å². The zero-order valence-electron chi connectivity index (χ0n) is 15.5. The lowest BCUT2D eigenvalue weighted by Crippen LogP contribution is -2.53. The topological polar surface area (TPSA) is 61.8 Å². The fourth-order valence-electron chi connectivity index (χ4n) is 4.70. The molecule has 1 aliphatic carbocycles. The van der Waals surface area contributed by atoms with Crippen molar-refractivity contribution in [1.29, 1.82) is 0 Å². The molecule has 24 heavy (non-hydrogen) atoms. The second-order valence-electron chi connectivity index (χ2n) is 8.96. The molecule has 3 aliphatic rings. The molecule has 2 aliphatic heterocycles. The Morgan fingerprint density at radius 1 is 1.12 bits per heavy atom. The molecule has 1 saturated carbocycles. The molecule has 0 aromatic heterocycles. The van der Waals surface area contributed by atoms with Gasteiger partial charge in [-0.05, 0) is 65.2 Å². The van der Waals surface area contributed by atoms with Crippen LogP contribution in [0.15, 0.2) is 0 Å². The molecule has 2 heterocycles. The number of rotatable bonds is 3. The van der Waals surface area contributed by atoms with E-state index < -0.39 is 5.60 Å². The Bertz CT molecular complexity index is 434. The first kappa shape index (κ1) is 18.0. The van der Waals surface area contributed by atoms with Crippen LogP contribution in [-0.4, -0.2) is 52.5 Å². The van der Waals surface area contributed by atoms with Crippen LogP contribution in [0.4, 0.5) is 4.79 Å². The highest BCUT2D eigenvalue weighted by Crippen LogP contribution is 2.37. The molecule has 0 radical (unpaired) electrons. The van der Waals surface area contributed by atoms with E-state index in [-0.39, 0.29) is 12.2 Å². The Labute approximate surface area is 146 Å². The van der Waals surface area contributed by atoms with Crippen molar-refractivity contribution in [2.45, 2.75) is 102 Å². The first-order valence-corrected chi connectivity index (χ1v) is 9.76. The van der Waals surface area contributed by atoms with Crippen LogP contribution in [0.2, 0.25) is 0 Å². The van der Waals surface area contributed by atoms with Crippen molar-refractivity contribution in [2.24, 2.45) is 5.92 Å². The number of ether oxygens (including phenoxy) is 1. The molecule has 0 aromatic rings. The van der Waals surface area contributed by atoms with Crippen LogP contribution in [-0.2, 0) is 4.74 Å². The summed E-state index contributed by atoms with van der Waals surface area (Å²) in [5, 5.41) is 13.8. The van der Waals surface area contributed by atoms with Crippen molar-refractivity contribution in [3.05, 3.63) is 0 Å². The summed E-state index contributed by atoms with van der Waals surface area (Å²) in [5.74, 6) is 0.403. The van der Waals surface area contributed by atoms with E-state index in [9.17, 15) is 9.90 Å². The lowest BCUT2D eigenvalue weighted by molar-refractivity contribution is 0.00393. The molecule has 4 unspecified atom stereocenters. The number of carbonyl (C=O) groups excluding carboxylic acids is 1. The predicted octanol–water partition coefficient (Wildman–Crippen LogP) is 3.06. The summed E-state index contributed by atoms with van der Waals surface area (Å²) in [6, 6.07) is 1.09. The van der Waals surface area contributed by atoms with Gasteiger partial charge in [0, 0.05) is 24.7 Å². The van der Waals surface area contributed by atoms with Gasteiger partial charge in [-0.2, -0.15) is 0 Å². The van der Waals surface area contributed by atoms with Crippen LogP contribution in [0, 0.1) is 5.92 Å². The highest BCUT2D eigenvalue weighted by molar-refractivity contribution is 5.69. The summed E-state index contributed by atoms with van der Waals surface area (Å²) in [4.78, 5) is 14.5. The number of aliphatic hydroxyl groups excluding tert-OH is 1. The number of piperidine rings is 1. The molecule has 138 valence electrons. The van der Waals surface area contributed by atoms with Crippen LogP contribution in [0.1, 0.15) is 72.1 Å². The van der Waals surface area contributed by atoms with Gasteiger partial charge in [0.1, 0.15) is 5.60 Å². The molecule has 1 amide bonds. The van der Waals surface area contributed by atoms with E-state index in [1.165, 1.54) is 6.42 Å². The molecule has 2 saturated heterocycles. The Balaban J connectivity index is 1.50. The number of nitrogens with zero attached hydrogens (tertiary/aromatic N) is 1. The van der Waals surface area contributed by atoms with Gasteiger partial charge in [-0.15, -0.1) is 0 Å². The van der Waals surface area contributed by atoms with Crippen LogP contribution < -0.4 is 5.32 Å². The van der Waals surface area contributed by atoms with E-state index in [1.807, 2.05) is 25.7 Å². The summed E-state index contributed by atoms with van der Waals surface area (Å²) in [6.45, 7) is 6.70. The van der Waals surface area contributed by atoms with Gasteiger partial charge < -0.3 is 20.1 Å². The Hall–Kier alpha value is -0.810. The molecule has 3 fully saturated rings. The lowest BCUT2D eigenvalue weighted by atomic mass is 9.86. The molecule has 4 atom stereocenters. The van der Waals surface area contributed by atoms with Crippen molar-refractivity contribution in [2.75, 3.05) is 6.54 Å². The fraction of sp³-hybridized carbons (Fsp3) is 0.947. The van der Waals surface area contributed by atoms with Crippen LogP contribution in [0.5, 0.6) is 0 Å². The summed E-state index contributed by atoms with van der Waals surface area (Å²) in [6.07, 6.45) is 8.43. The number of aliphatic hydroxyl groups is 1. The quantitative estimate of drug-likeness (QED) is 0.830. The highest BCUT2D eigenvalue weighted by atomic mass is 16.6. The maximum atomic E-state index is 12.5. The lowest BCUT2D eigenvalue weighted by Gasteiger charge is -2.40. The Morgan fingerprint density at radius 3 is 2.33 bits per heavy atom. The smallest absolute Gasteiger partial charge is 0.410 e. The number of hydrogen-bond donors (Lipinski definition) is 2. The van der Waals surface area contributed by atoms with E-state index in [0.717, 1.165) is 51.5 Å². The minimum absolute atomic E-state index is 0.134. The largest absolute Gasteiger partial charge is 0.444 e. The average Bonchev–Trinajstić information content (AvgIpc) is 2.76. The van der Waals surface area contributed by atoms with Gasteiger partial charge in [-0.25, -0.2) is 4.79 Å². The second kappa shape index (κ2) is 7.20. The maximum absolute atomic E-state index is 12.5. The third-order valence-corrected chi connectivity index (χ3v) is 5.88. The van der Waals surface area contributed by atoms with Crippen LogP contribution >= 0.6 is 0 Å². The predicted molar refractivity (Wildman–Crippen MR) is 93.9 cm³/mol. The number of nitrogens with one attached hydrogen (secondary N) is 1. The van der Waals surface area contributed by atoms with E-state index >= 15 is 0 Å². The number of hydrogen-bond acceptors (Lipinski definition) is 4. The van der Waals surface area contributed by atoms with Crippen LogP contribution in [0.3, 0.4) is 0 Å². The van der Waals surface area contributed by atoms with Gasteiger partial charge >= 0.3 is 6.09 Å². The molecule has 5 heteroatoms. The van der Waals surface area contributed by atoms with Gasteiger partial charge in [0.15, 0.2) is 0 Å². The van der Waals surface area contributed by atoms with Crippen LogP contribution in [0.25, 0.3) is 0 Å². The fourth-order valence-corrected chi connectivity index (χ4v) is 4.70. The summed E-state index contributed by atoms with van der Waals surface area (Å²) in [7, 11) is 0. The first-order valence-electron chi connectivity index (χ1n) is 9.76. The molecule has 5 nitrogen and oxygen atoms in total. The van der Waals surface area contributed by atoms with Crippen molar-refractivity contribution < 1.29 is 14.6 Å². The minimum Gasteiger partial charge on any atom is -0.444 e. The monoisotopic (exact) mass is 338 g/mol. The SMILES string of the molecule is CC(C)(C)OC(=O)N1C2CCC1CC(NCC1CCCCC1O)C2. The first-order chi connectivity index (χ1) is 11.3. The van der Waals surface area contributed by atoms with E-state index in [2.05, 4.69) is 5.32 Å². The van der Waals surface area contributed by atoms with Crippen molar-refractivity contribution in [1.82, 2.24) is 10.2 Å². The Morgan fingerprint density at radius 2 is 1.75 bits per heavy atom. The number of amides is 1. The molecular formula is C19H34N2O3. The third kappa shape index (κ3) is 4.23. The maximum Gasteiger partial charge on any atom is 0.410 e. The van der Waals surface area contributed by atoms with E-state index in [4.69, 9.17) is 4.74 Å². The van der Waals surface area contributed by atoms with Gasteiger partial charge in [0.2, 0.25) is 0 Å². The molecular weight excluding hydrogens is 304 g/mol. The molecule has 0 aromatic carbocycles. The minimum atomic E-state index is -0.428. The second-order valence-corrected chi connectivity index (χ2v) is 8.96. The summed E-state index contributed by atoms with van der Waals surface area (Å²) >= 11 is 0. The summed E-state index contributed by atoms with van der Waals surface area (Å²) < 4.78 is 5.60. The number of carbonyl (C=O) groups is 1. The van der Waals surface area contributed by atoms with Gasteiger partial charge in [0.05, 0.1) is 6.10 Å². The Kier molecular flexibility index (Phi) is 5.40. The van der Waals surface area contributed by atoms with Crippen molar-refractivity contribution in [3.8, 4) is 0 Å². The van der Waals surface area contributed by atoms with E-state index in [1.54, 1.807) is 0 Å².